The lowest BCUT2D eigenvalue weighted by Crippen LogP contribution is -2.06. The van der Waals surface area contributed by atoms with Crippen molar-refractivity contribution in [1.29, 1.82) is 0 Å². The SMILES string of the molecule is CCCCCc1cc2cc(C(=O)Oc3ccc(OC)cc3)sc2s1. The first-order valence-corrected chi connectivity index (χ1v) is 9.71. The summed E-state index contributed by atoms with van der Waals surface area (Å²) >= 11 is 3.30. The fourth-order valence-corrected chi connectivity index (χ4v) is 4.87. The molecule has 0 aliphatic heterocycles. The Morgan fingerprint density at radius 2 is 1.79 bits per heavy atom. The van der Waals surface area contributed by atoms with Gasteiger partial charge in [-0.2, -0.15) is 0 Å². The first-order valence-electron chi connectivity index (χ1n) is 8.08. The first kappa shape index (κ1) is 17.0. The molecule has 0 aliphatic carbocycles. The van der Waals surface area contributed by atoms with Crippen LogP contribution in [0.4, 0.5) is 0 Å². The molecule has 0 unspecified atom stereocenters. The second-order valence-corrected chi connectivity index (χ2v) is 8.04. The van der Waals surface area contributed by atoms with Crippen molar-refractivity contribution in [3.05, 3.63) is 46.2 Å². The van der Waals surface area contributed by atoms with Gasteiger partial charge in [0.1, 0.15) is 16.4 Å². The van der Waals surface area contributed by atoms with Crippen LogP contribution in [0.25, 0.3) is 9.40 Å². The Morgan fingerprint density at radius 3 is 2.46 bits per heavy atom. The van der Waals surface area contributed by atoms with Gasteiger partial charge in [0.05, 0.1) is 11.1 Å². The quantitative estimate of drug-likeness (QED) is 0.298. The fourth-order valence-electron chi connectivity index (χ4n) is 2.46. The molecule has 1 aromatic carbocycles. The molecule has 0 aliphatic rings. The molecule has 0 spiro atoms. The molecule has 24 heavy (non-hydrogen) atoms. The van der Waals surface area contributed by atoms with Gasteiger partial charge in [0.2, 0.25) is 0 Å². The summed E-state index contributed by atoms with van der Waals surface area (Å²) in [6, 6.07) is 11.2. The number of benzene rings is 1. The van der Waals surface area contributed by atoms with E-state index >= 15 is 0 Å². The van der Waals surface area contributed by atoms with Gasteiger partial charge in [-0.3, -0.25) is 0 Å². The van der Waals surface area contributed by atoms with E-state index in [1.54, 1.807) is 42.7 Å². The molecule has 0 atom stereocenters. The maximum Gasteiger partial charge on any atom is 0.353 e. The van der Waals surface area contributed by atoms with Crippen LogP contribution in [-0.4, -0.2) is 13.1 Å². The molecule has 126 valence electrons. The molecular weight excluding hydrogens is 340 g/mol. The molecule has 3 rings (SSSR count). The van der Waals surface area contributed by atoms with Crippen molar-refractivity contribution >= 4 is 38.0 Å². The van der Waals surface area contributed by atoms with Crippen LogP contribution in [0.5, 0.6) is 11.5 Å². The molecule has 2 heterocycles. The number of hydrogen-bond acceptors (Lipinski definition) is 5. The van der Waals surface area contributed by atoms with E-state index in [0.717, 1.165) is 17.6 Å². The summed E-state index contributed by atoms with van der Waals surface area (Å²) in [6.07, 6.45) is 4.87. The normalized spacial score (nSPS) is 10.9. The maximum absolute atomic E-state index is 12.3. The number of hydrogen-bond donors (Lipinski definition) is 0. The van der Waals surface area contributed by atoms with Crippen molar-refractivity contribution in [3.8, 4) is 11.5 Å². The Bertz CT molecular complexity index is 783. The summed E-state index contributed by atoms with van der Waals surface area (Å²) < 4.78 is 11.7. The van der Waals surface area contributed by atoms with E-state index in [1.165, 1.54) is 39.5 Å². The van der Waals surface area contributed by atoms with E-state index in [4.69, 9.17) is 9.47 Å². The van der Waals surface area contributed by atoms with Gasteiger partial charge in [0, 0.05) is 10.3 Å². The number of thiophene rings is 2. The van der Waals surface area contributed by atoms with Crippen LogP contribution in [-0.2, 0) is 6.42 Å². The Labute approximate surface area is 149 Å². The molecule has 0 amide bonds. The predicted molar refractivity (Wildman–Crippen MR) is 101 cm³/mol. The third-order valence-electron chi connectivity index (χ3n) is 3.76. The number of ether oxygens (including phenoxy) is 2. The number of carbonyl (C=O) groups excluding carboxylic acids is 1. The highest BCUT2D eigenvalue weighted by Gasteiger charge is 2.15. The molecule has 0 N–H and O–H groups in total. The van der Waals surface area contributed by atoms with Crippen molar-refractivity contribution in [1.82, 2.24) is 0 Å². The van der Waals surface area contributed by atoms with Crippen LogP contribution in [0.15, 0.2) is 36.4 Å². The molecule has 0 saturated heterocycles. The summed E-state index contributed by atoms with van der Waals surface area (Å²) in [6.45, 7) is 2.22. The summed E-state index contributed by atoms with van der Waals surface area (Å²) in [5, 5.41) is 1.15. The van der Waals surface area contributed by atoms with Gasteiger partial charge in [0.25, 0.3) is 0 Å². The van der Waals surface area contributed by atoms with E-state index in [-0.39, 0.29) is 5.97 Å². The van der Waals surface area contributed by atoms with Crippen LogP contribution >= 0.6 is 22.7 Å². The Morgan fingerprint density at radius 1 is 1.04 bits per heavy atom. The van der Waals surface area contributed by atoms with Gasteiger partial charge in [-0.05, 0) is 49.2 Å². The number of carbonyl (C=O) groups is 1. The van der Waals surface area contributed by atoms with Gasteiger partial charge in [0.15, 0.2) is 0 Å². The minimum absolute atomic E-state index is 0.305. The lowest BCUT2D eigenvalue weighted by Gasteiger charge is -2.03. The van der Waals surface area contributed by atoms with Crippen LogP contribution in [0.2, 0.25) is 0 Å². The van der Waals surface area contributed by atoms with Gasteiger partial charge in [-0.25, -0.2) is 4.79 Å². The number of esters is 1. The third-order valence-corrected chi connectivity index (χ3v) is 6.19. The van der Waals surface area contributed by atoms with Crippen molar-refractivity contribution < 1.29 is 14.3 Å². The number of methoxy groups -OCH3 is 1. The zero-order valence-electron chi connectivity index (χ0n) is 13.8. The number of aryl methyl sites for hydroxylation is 1. The third kappa shape index (κ3) is 3.97. The van der Waals surface area contributed by atoms with Crippen LogP contribution < -0.4 is 9.47 Å². The maximum atomic E-state index is 12.3. The molecule has 5 heteroatoms. The van der Waals surface area contributed by atoms with Crippen molar-refractivity contribution in [2.45, 2.75) is 32.6 Å². The van der Waals surface area contributed by atoms with E-state index in [1.807, 2.05) is 6.07 Å². The first-order chi connectivity index (χ1) is 11.7. The highest BCUT2D eigenvalue weighted by atomic mass is 32.2. The summed E-state index contributed by atoms with van der Waals surface area (Å²) in [4.78, 5) is 14.3. The van der Waals surface area contributed by atoms with Gasteiger partial charge < -0.3 is 9.47 Å². The minimum atomic E-state index is -0.305. The average molecular weight is 360 g/mol. The molecule has 3 aromatic rings. The Balaban J connectivity index is 1.67. The second kappa shape index (κ2) is 7.81. The summed E-state index contributed by atoms with van der Waals surface area (Å²) in [7, 11) is 1.61. The summed E-state index contributed by atoms with van der Waals surface area (Å²) in [5.41, 5.74) is 0. The van der Waals surface area contributed by atoms with E-state index in [9.17, 15) is 4.79 Å². The lowest BCUT2D eigenvalue weighted by molar-refractivity contribution is 0.0740. The van der Waals surface area contributed by atoms with Crippen LogP contribution in [0.1, 0.15) is 40.7 Å². The standard InChI is InChI=1S/C19H20O3S2/c1-3-4-5-6-16-11-13-12-17(24-19(13)23-16)18(20)22-15-9-7-14(21-2)8-10-15/h7-12H,3-6H2,1-2H3. The van der Waals surface area contributed by atoms with E-state index < -0.39 is 0 Å². The van der Waals surface area contributed by atoms with Gasteiger partial charge in [-0.1, -0.05) is 19.8 Å². The molecule has 0 radical (unpaired) electrons. The highest BCUT2D eigenvalue weighted by Crippen LogP contribution is 2.34. The van der Waals surface area contributed by atoms with Crippen LogP contribution in [0, 0.1) is 0 Å². The van der Waals surface area contributed by atoms with Gasteiger partial charge in [-0.15, -0.1) is 22.7 Å². The summed E-state index contributed by atoms with van der Waals surface area (Å²) in [5.74, 6) is 0.959. The highest BCUT2D eigenvalue weighted by molar-refractivity contribution is 7.39. The van der Waals surface area contributed by atoms with E-state index in [0.29, 0.717) is 10.6 Å². The molecular formula is C19H20O3S2. The second-order valence-electron chi connectivity index (χ2n) is 5.59. The fraction of sp³-hybridized carbons (Fsp3) is 0.316. The number of rotatable bonds is 7. The smallest absolute Gasteiger partial charge is 0.353 e. The molecule has 0 saturated carbocycles. The molecule has 2 aromatic heterocycles. The zero-order chi connectivity index (χ0) is 16.9. The van der Waals surface area contributed by atoms with Crippen molar-refractivity contribution in [2.75, 3.05) is 7.11 Å². The van der Waals surface area contributed by atoms with Gasteiger partial charge >= 0.3 is 5.97 Å². The monoisotopic (exact) mass is 360 g/mol. The van der Waals surface area contributed by atoms with E-state index in [2.05, 4.69) is 13.0 Å². The Kier molecular flexibility index (Phi) is 5.53. The molecule has 3 nitrogen and oxygen atoms in total. The van der Waals surface area contributed by atoms with Crippen molar-refractivity contribution in [2.24, 2.45) is 0 Å². The lowest BCUT2D eigenvalue weighted by atomic mass is 10.2. The minimum Gasteiger partial charge on any atom is -0.497 e. The largest absolute Gasteiger partial charge is 0.497 e. The number of fused-ring (bicyclic) bond motifs is 1. The predicted octanol–water partition coefficient (Wildman–Crippen LogP) is 5.92. The van der Waals surface area contributed by atoms with Crippen LogP contribution in [0.3, 0.4) is 0 Å². The Hall–Kier alpha value is -1.85. The van der Waals surface area contributed by atoms with Crippen molar-refractivity contribution in [3.63, 3.8) is 0 Å². The number of unbranched alkanes of at least 4 members (excludes halogenated alkanes) is 2. The zero-order valence-corrected chi connectivity index (χ0v) is 15.5. The molecule has 0 fully saturated rings. The average Bonchev–Trinajstić information content (AvgIpc) is 3.14. The topological polar surface area (TPSA) is 35.5 Å². The molecule has 0 bridgehead atoms.